The minimum absolute atomic E-state index is 0.438. The van der Waals surface area contributed by atoms with Gasteiger partial charge in [0.05, 0.1) is 0 Å². The summed E-state index contributed by atoms with van der Waals surface area (Å²) in [6, 6.07) is 1.14. The molecule has 0 atom stereocenters. The maximum atomic E-state index is 11.2. The van der Waals surface area contributed by atoms with Gasteiger partial charge in [-0.05, 0) is 0 Å². The Bertz CT molecular complexity index is 443. The first-order valence-corrected chi connectivity index (χ1v) is 3.50. The number of hydrogen-bond acceptors (Lipinski definition) is 3. The van der Waals surface area contributed by atoms with Crippen molar-refractivity contribution < 1.29 is 9.90 Å². The van der Waals surface area contributed by atoms with Gasteiger partial charge < -0.3 is 5.11 Å². The van der Waals surface area contributed by atoms with Crippen LogP contribution in [0.5, 0.6) is 0 Å². The zero-order chi connectivity index (χ0) is 10.0. The SMILES string of the molecule is Cn1c(=O)ccn(CC(=O)O)c1=O. The van der Waals surface area contributed by atoms with Crippen molar-refractivity contribution in [3.63, 3.8) is 0 Å². The molecule has 0 aliphatic carbocycles. The lowest BCUT2D eigenvalue weighted by atomic mass is 10.5. The van der Waals surface area contributed by atoms with Gasteiger partial charge in [0.25, 0.3) is 5.56 Å². The van der Waals surface area contributed by atoms with Crippen molar-refractivity contribution >= 4 is 5.97 Å². The third kappa shape index (κ3) is 1.84. The topological polar surface area (TPSA) is 81.3 Å². The van der Waals surface area contributed by atoms with Gasteiger partial charge in [0, 0.05) is 19.3 Å². The Morgan fingerprint density at radius 2 is 2.15 bits per heavy atom. The molecule has 0 amide bonds. The van der Waals surface area contributed by atoms with Gasteiger partial charge in [-0.1, -0.05) is 0 Å². The molecule has 0 saturated carbocycles. The number of aromatic nitrogens is 2. The Labute approximate surface area is 72.7 Å². The first-order chi connectivity index (χ1) is 6.02. The van der Waals surface area contributed by atoms with E-state index in [1.807, 2.05) is 0 Å². The standard InChI is InChI=1S/C7H8N2O4/c1-8-5(10)2-3-9(7(8)13)4-6(11)12/h2-3H,4H2,1H3,(H,11,12). The van der Waals surface area contributed by atoms with Gasteiger partial charge in [0.1, 0.15) is 6.54 Å². The van der Waals surface area contributed by atoms with Crippen LogP contribution in [0.3, 0.4) is 0 Å². The van der Waals surface area contributed by atoms with Crippen molar-refractivity contribution in [2.75, 3.05) is 0 Å². The Hall–Kier alpha value is -1.85. The van der Waals surface area contributed by atoms with Gasteiger partial charge in [-0.3, -0.25) is 18.7 Å². The third-order valence-electron chi connectivity index (χ3n) is 1.57. The number of carboxylic acids is 1. The predicted molar refractivity (Wildman–Crippen MR) is 43.6 cm³/mol. The van der Waals surface area contributed by atoms with Crippen molar-refractivity contribution in [3.8, 4) is 0 Å². The molecule has 1 aromatic heterocycles. The van der Waals surface area contributed by atoms with Gasteiger partial charge in [0.15, 0.2) is 0 Å². The molecular formula is C7H8N2O4. The Kier molecular flexibility index (Phi) is 2.32. The van der Waals surface area contributed by atoms with Crippen LogP contribution in [0, 0.1) is 0 Å². The minimum atomic E-state index is -1.12. The molecule has 0 saturated heterocycles. The van der Waals surface area contributed by atoms with E-state index in [1.54, 1.807) is 0 Å². The smallest absolute Gasteiger partial charge is 0.331 e. The summed E-state index contributed by atoms with van der Waals surface area (Å²) in [7, 11) is 1.29. The van der Waals surface area contributed by atoms with E-state index in [2.05, 4.69) is 0 Å². The largest absolute Gasteiger partial charge is 0.480 e. The second-order valence-electron chi connectivity index (χ2n) is 2.52. The van der Waals surface area contributed by atoms with E-state index in [4.69, 9.17) is 5.11 Å². The van der Waals surface area contributed by atoms with Crippen LogP contribution in [0.1, 0.15) is 0 Å². The highest BCUT2D eigenvalue weighted by atomic mass is 16.4. The molecule has 6 heteroatoms. The lowest BCUT2D eigenvalue weighted by Crippen LogP contribution is -2.38. The number of nitrogens with zero attached hydrogens (tertiary/aromatic N) is 2. The number of carboxylic acid groups (broad SMARTS) is 1. The van der Waals surface area contributed by atoms with E-state index in [0.717, 1.165) is 15.2 Å². The second-order valence-corrected chi connectivity index (χ2v) is 2.52. The second kappa shape index (κ2) is 3.26. The van der Waals surface area contributed by atoms with Crippen molar-refractivity contribution in [1.29, 1.82) is 0 Å². The predicted octanol–water partition coefficient (Wildman–Crippen LogP) is -1.37. The third-order valence-corrected chi connectivity index (χ3v) is 1.57. The van der Waals surface area contributed by atoms with E-state index in [1.165, 1.54) is 13.2 Å². The molecule has 0 unspecified atom stereocenters. The summed E-state index contributed by atoms with van der Waals surface area (Å²) < 4.78 is 1.80. The Balaban J connectivity index is 3.27. The van der Waals surface area contributed by atoms with E-state index >= 15 is 0 Å². The molecule has 1 N–H and O–H groups in total. The Morgan fingerprint density at radius 3 is 2.69 bits per heavy atom. The fourth-order valence-corrected chi connectivity index (χ4v) is 0.882. The van der Waals surface area contributed by atoms with E-state index in [0.29, 0.717) is 0 Å². The quantitative estimate of drug-likeness (QED) is 0.615. The fourth-order valence-electron chi connectivity index (χ4n) is 0.882. The molecular weight excluding hydrogens is 176 g/mol. The summed E-state index contributed by atoms with van der Waals surface area (Å²) in [5.41, 5.74) is -1.08. The molecule has 0 aromatic carbocycles. The maximum absolute atomic E-state index is 11.2. The molecule has 0 spiro atoms. The van der Waals surface area contributed by atoms with Gasteiger partial charge in [-0.2, -0.15) is 0 Å². The van der Waals surface area contributed by atoms with E-state index in [-0.39, 0.29) is 0 Å². The van der Waals surface area contributed by atoms with Crippen LogP contribution in [0.4, 0.5) is 0 Å². The molecule has 13 heavy (non-hydrogen) atoms. The molecule has 1 aromatic rings. The molecule has 1 heterocycles. The molecule has 0 aliphatic heterocycles. The van der Waals surface area contributed by atoms with Gasteiger partial charge in [-0.25, -0.2) is 4.79 Å². The van der Waals surface area contributed by atoms with Crippen LogP contribution in [0.25, 0.3) is 0 Å². The maximum Gasteiger partial charge on any atom is 0.331 e. The zero-order valence-corrected chi connectivity index (χ0v) is 6.93. The van der Waals surface area contributed by atoms with Crippen LogP contribution < -0.4 is 11.2 Å². The summed E-state index contributed by atoms with van der Waals surface area (Å²) in [6.45, 7) is -0.438. The van der Waals surface area contributed by atoms with Crippen LogP contribution in [0.2, 0.25) is 0 Å². The summed E-state index contributed by atoms with van der Waals surface area (Å²) >= 11 is 0. The van der Waals surface area contributed by atoms with Crippen LogP contribution in [0.15, 0.2) is 21.9 Å². The Morgan fingerprint density at radius 1 is 1.54 bits per heavy atom. The van der Waals surface area contributed by atoms with Gasteiger partial charge >= 0.3 is 11.7 Å². The van der Waals surface area contributed by atoms with Crippen LogP contribution in [-0.2, 0) is 18.4 Å². The molecule has 70 valence electrons. The highest BCUT2D eigenvalue weighted by molar-refractivity contribution is 5.66. The van der Waals surface area contributed by atoms with E-state index in [9.17, 15) is 14.4 Å². The van der Waals surface area contributed by atoms with Gasteiger partial charge in [0.2, 0.25) is 0 Å². The summed E-state index contributed by atoms with van der Waals surface area (Å²) in [5, 5.41) is 8.40. The summed E-state index contributed by atoms with van der Waals surface area (Å²) in [4.78, 5) is 32.3. The molecule has 0 aliphatic rings. The van der Waals surface area contributed by atoms with Crippen molar-refractivity contribution in [1.82, 2.24) is 9.13 Å². The van der Waals surface area contributed by atoms with E-state index < -0.39 is 23.8 Å². The first-order valence-electron chi connectivity index (χ1n) is 3.50. The van der Waals surface area contributed by atoms with Crippen LogP contribution >= 0.6 is 0 Å². The normalized spacial score (nSPS) is 9.92. The average Bonchev–Trinajstić information content (AvgIpc) is 2.06. The molecule has 0 bridgehead atoms. The lowest BCUT2D eigenvalue weighted by Gasteiger charge is -2.02. The van der Waals surface area contributed by atoms with Crippen LogP contribution in [-0.4, -0.2) is 20.2 Å². The molecule has 0 fully saturated rings. The molecule has 1 rings (SSSR count). The molecule has 0 radical (unpaired) electrons. The summed E-state index contributed by atoms with van der Waals surface area (Å²) in [6.07, 6.45) is 1.17. The van der Waals surface area contributed by atoms with Crippen molar-refractivity contribution in [2.45, 2.75) is 6.54 Å². The molecule has 6 nitrogen and oxygen atoms in total. The first kappa shape index (κ1) is 9.24. The minimum Gasteiger partial charge on any atom is -0.480 e. The highest BCUT2D eigenvalue weighted by Gasteiger charge is 2.03. The summed E-state index contributed by atoms with van der Waals surface area (Å²) in [5.74, 6) is -1.12. The average molecular weight is 184 g/mol. The number of carbonyl (C=O) groups is 1. The lowest BCUT2D eigenvalue weighted by molar-refractivity contribution is -0.137. The zero-order valence-electron chi connectivity index (χ0n) is 6.93. The number of hydrogen-bond donors (Lipinski definition) is 1. The number of aliphatic carboxylic acids is 1. The highest BCUT2D eigenvalue weighted by Crippen LogP contribution is 1.77. The van der Waals surface area contributed by atoms with Gasteiger partial charge in [-0.15, -0.1) is 0 Å². The van der Waals surface area contributed by atoms with Crippen molar-refractivity contribution in [3.05, 3.63) is 33.1 Å². The monoisotopic (exact) mass is 184 g/mol. The number of rotatable bonds is 2. The fraction of sp³-hybridized carbons (Fsp3) is 0.286. The van der Waals surface area contributed by atoms with Crippen molar-refractivity contribution in [2.24, 2.45) is 7.05 Å².